The van der Waals surface area contributed by atoms with Gasteiger partial charge in [0, 0.05) is 18.0 Å². The van der Waals surface area contributed by atoms with Gasteiger partial charge in [0.25, 0.3) is 5.69 Å². The first-order valence-corrected chi connectivity index (χ1v) is 10.3. The summed E-state index contributed by atoms with van der Waals surface area (Å²) in [6.45, 7) is 5.66. The van der Waals surface area contributed by atoms with Crippen molar-refractivity contribution < 1.29 is 19.6 Å². The van der Waals surface area contributed by atoms with E-state index in [-0.39, 0.29) is 17.6 Å². The number of aromatic nitrogens is 2. The lowest BCUT2D eigenvalue weighted by Gasteiger charge is -2.30. The third-order valence-corrected chi connectivity index (χ3v) is 6.00. The summed E-state index contributed by atoms with van der Waals surface area (Å²) in [7, 11) is 0. The molecule has 1 N–H and O–H groups in total. The zero-order valence-electron chi connectivity index (χ0n) is 17.8. The lowest BCUT2D eigenvalue weighted by molar-refractivity contribution is -0.383. The van der Waals surface area contributed by atoms with Crippen LogP contribution in [0.25, 0.3) is 16.5 Å². The predicted octanol–water partition coefficient (Wildman–Crippen LogP) is 3.64. The molecule has 0 saturated carbocycles. The van der Waals surface area contributed by atoms with Crippen LogP contribution in [0.15, 0.2) is 41.2 Å². The Balaban J connectivity index is 1.64. The van der Waals surface area contributed by atoms with Crippen molar-refractivity contribution in [2.75, 3.05) is 6.54 Å². The van der Waals surface area contributed by atoms with E-state index in [0.29, 0.717) is 35.1 Å². The van der Waals surface area contributed by atoms with E-state index < -0.39 is 28.3 Å². The number of nitro benzene ring substituents is 1. The summed E-state index contributed by atoms with van der Waals surface area (Å²) in [6, 6.07) is 8.72. The fourth-order valence-electron chi connectivity index (χ4n) is 4.81. The van der Waals surface area contributed by atoms with Gasteiger partial charge in [0.1, 0.15) is 11.3 Å². The number of carbonyl (C=O) groups excluding carboxylic acids is 1. The van der Waals surface area contributed by atoms with E-state index in [1.54, 1.807) is 49.9 Å². The second kappa shape index (κ2) is 6.59. The highest BCUT2D eigenvalue weighted by Crippen LogP contribution is 2.49. The highest BCUT2D eigenvalue weighted by atomic mass is 16.6. The molecule has 0 unspecified atom stereocenters. The maximum Gasteiger partial charge on any atom is 0.410 e. The Morgan fingerprint density at radius 2 is 1.88 bits per heavy atom. The molecule has 2 aliphatic heterocycles. The quantitative estimate of drug-likeness (QED) is 0.482. The SMILES string of the molecule is CC(C)(C)OC(=O)N1C[C@H]2C[C@@H]1c1c(O)n(-c3ccc([N+](=O)[O-])c4ccccc34)c(=O)n12. The average molecular weight is 438 g/mol. The van der Waals surface area contributed by atoms with Crippen molar-refractivity contribution >= 4 is 22.6 Å². The Morgan fingerprint density at radius 3 is 2.53 bits per heavy atom. The number of likely N-dealkylation sites (tertiary alicyclic amines) is 1. The van der Waals surface area contributed by atoms with Gasteiger partial charge in [-0.15, -0.1) is 0 Å². The Morgan fingerprint density at radius 1 is 1.19 bits per heavy atom. The van der Waals surface area contributed by atoms with Gasteiger partial charge in [-0.25, -0.2) is 14.2 Å². The van der Waals surface area contributed by atoms with Crippen LogP contribution in [0.2, 0.25) is 0 Å². The maximum atomic E-state index is 13.3. The number of nitro groups is 1. The lowest BCUT2D eigenvalue weighted by Crippen LogP contribution is -2.40. The molecule has 10 heteroatoms. The number of non-ortho nitro benzene ring substituents is 1. The lowest BCUT2D eigenvalue weighted by atomic mass is 10.1. The molecule has 2 atom stereocenters. The number of nitrogens with zero attached hydrogens (tertiary/aromatic N) is 4. The Kier molecular flexibility index (Phi) is 4.14. The molecule has 5 rings (SSSR count). The van der Waals surface area contributed by atoms with E-state index in [2.05, 4.69) is 0 Å². The molecule has 3 heterocycles. The zero-order valence-corrected chi connectivity index (χ0v) is 17.8. The first-order chi connectivity index (χ1) is 15.1. The molecule has 2 aromatic carbocycles. The summed E-state index contributed by atoms with van der Waals surface area (Å²) in [5.74, 6) is -0.269. The number of hydrogen-bond donors (Lipinski definition) is 1. The van der Waals surface area contributed by atoms with Crippen molar-refractivity contribution in [3.8, 4) is 11.6 Å². The summed E-state index contributed by atoms with van der Waals surface area (Å²) < 4.78 is 8.18. The van der Waals surface area contributed by atoms with Crippen molar-refractivity contribution in [3.05, 3.63) is 62.7 Å². The zero-order chi connectivity index (χ0) is 22.9. The van der Waals surface area contributed by atoms with Crippen LogP contribution >= 0.6 is 0 Å². The van der Waals surface area contributed by atoms with Crippen LogP contribution in [0, 0.1) is 10.1 Å². The molecular formula is C22H22N4O6. The molecule has 1 amide bonds. The minimum Gasteiger partial charge on any atom is -0.493 e. The molecule has 1 saturated heterocycles. The smallest absolute Gasteiger partial charge is 0.410 e. The number of rotatable bonds is 2. The molecule has 2 bridgehead atoms. The molecule has 0 radical (unpaired) electrons. The van der Waals surface area contributed by atoms with Crippen LogP contribution in [0.4, 0.5) is 10.5 Å². The summed E-state index contributed by atoms with van der Waals surface area (Å²) in [5, 5.41) is 23.4. The van der Waals surface area contributed by atoms with Gasteiger partial charge in [0.15, 0.2) is 0 Å². The van der Waals surface area contributed by atoms with Crippen molar-refractivity contribution in [2.45, 2.75) is 44.9 Å². The van der Waals surface area contributed by atoms with Gasteiger partial charge in [0.2, 0.25) is 5.88 Å². The first-order valence-electron chi connectivity index (χ1n) is 10.3. The molecular weight excluding hydrogens is 416 g/mol. The molecule has 0 aliphatic carbocycles. The van der Waals surface area contributed by atoms with Crippen LogP contribution in [-0.2, 0) is 4.74 Å². The van der Waals surface area contributed by atoms with E-state index in [1.165, 1.54) is 21.3 Å². The van der Waals surface area contributed by atoms with Crippen molar-refractivity contribution in [2.24, 2.45) is 0 Å². The highest BCUT2D eigenvalue weighted by Gasteiger charge is 2.50. The summed E-state index contributed by atoms with van der Waals surface area (Å²) >= 11 is 0. The minimum absolute atomic E-state index is 0.0835. The van der Waals surface area contributed by atoms with Gasteiger partial charge in [-0.3, -0.25) is 19.6 Å². The van der Waals surface area contributed by atoms with Gasteiger partial charge in [-0.05, 0) is 39.3 Å². The van der Waals surface area contributed by atoms with Crippen molar-refractivity contribution in [1.29, 1.82) is 0 Å². The molecule has 1 aromatic heterocycles. The molecule has 166 valence electrons. The van der Waals surface area contributed by atoms with Crippen LogP contribution in [0.3, 0.4) is 0 Å². The van der Waals surface area contributed by atoms with E-state index in [1.807, 2.05) is 0 Å². The Hall–Kier alpha value is -3.82. The molecule has 2 aliphatic rings. The van der Waals surface area contributed by atoms with Crippen LogP contribution in [0.1, 0.15) is 45.0 Å². The number of ether oxygens (including phenoxy) is 1. The van der Waals surface area contributed by atoms with Gasteiger partial charge in [-0.1, -0.05) is 18.2 Å². The van der Waals surface area contributed by atoms with E-state index in [9.17, 15) is 24.8 Å². The topological polar surface area (TPSA) is 120 Å². The van der Waals surface area contributed by atoms with E-state index in [4.69, 9.17) is 4.74 Å². The maximum absolute atomic E-state index is 13.3. The van der Waals surface area contributed by atoms with Crippen LogP contribution in [-0.4, -0.2) is 42.3 Å². The monoisotopic (exact) mass is 438 g/mol. The van der Waals surface area contributed by atoms with Gasteiger partial charge < -0.3 is 9.84 Å². The minimum atomic E-state index is -0.662. The molecule has 10 nitrogen and oxygen atoms in total. The number of imidazole rings is 1. The summed E-state index contributed by atoms with van der Waals surface area (Å²) in [4.78, 5) is 38.5. The van der Waals surface area contributed by atoms with Crippen molar-refractivity contribution in [3.63, 3.8) is 0 Å². The standard InChI is InChI=1S/C22H22N4O6/c1-22(2,3)32-21(29)23-11-12-10-17(23)18-19(27)25(20(28)24(12)18)15-8-9-16(26(30)31)14-7-5-4-6-13(14)15/h4-9,12,17,27H,10-11H2,1-3H3/t12-,17-/m1/s1. The third kappa shape index (κ3) is 2.79. The normalized spacial score (nSPS) is 19.4. The number of benzene rings is 2. The number of hydrogen-bond acceptors (Lipinski definition) is 6. The second-order valence-electron chi connectivity index (χ2n) is 9.14. The number of aromatic hydroxyl groups is 1. The second-order valence-corrected chi connectivity index (χ2v) is 9.14. The molecule has 3 aromatic rings. The highest BCUT2D eigenvalue weighted by molar-refractivity contribution is 5.97. The fraction of sp³-hybridized carbons (Fsp3) is 0.364. The third-order valence-electron chi connectivity index (χ3n) is 6.00. The van der Waals surface area contributed by atoms with Crippen molar-refractivity contribution in [1.82, 2.24) is 14.0 Å². The molecule has 0 spiro atoms. The van der Waals surface area contributed by atoms with Crippen LogP contribution in [0.5, 0.6) is 5.88 Å². The summed E-state index contributed by atoms with van der Waals surface area (Å²) in [5.41, 5.74) is -0.476. The Labute approximate surface area is 182 Å². The predicted molar refractivity (Wildman–Crippen MR) is 115 cm³/mol. The van der Waals surface area contributed by atoms with E-state index >= 15 is 0 Å². The number of carbonyl (C=O) groups is 1. The number of fused-ring (bicyclic) bond motifs is 6. The van der Waals surface area contributed by atoms with Gasteiger partial charge in [0.05, 0.1) is 28.1 Å². The molecule has 32 heavy (non-hydrogen) atoms. The molecule has 1 fully saturated rings. The fourth-order valence-corrected chi connectivity index (χ4v) is 4.81. The first kappa shape index (κ1) is 20.1. The van der Waals surface area contributed by atoms with E-state index in [0.717, 1.165) is 0 Å². The van der Waals surface area contributed by atoms with Gasteiger partial charge in [-0.2, -0.15) is 0 Å². The Bertz CT molecular complexity index is 1350. The van der Waals surface area contributed by atoms with Gasteiger partial charge >= 0.3 is 11.8 Å². The largest absolute Gasteiger partial charge is 0.493 e. The number of amides is 1. The summed E-state index contributed by atoms with van der Waals surface area (Å²) in [6.07, 6.45) is 0.0378. The average Bonchev–Trinajstić information content (AvgIpc) is 3.37. The van der Waals surface area contributed by atoms with Crippen LogP contribution < -0.4 is 5.69 Å².